The van der Waals surface area contributed by atoms with Gasteiger partial charge in [0.1, 0.15) is 11.5 Å². The van der Waals surface area contributed by atoms with Crippen molar-refractivity contribution >= 4 is 17.8 Å². The summed E-state index contributed by atoms with van der Waals surface area (Å²) in [5.41, 5.74) is 1.93. The summed E-state index contributed by atoms with van der Waals surface area (Å²) in [5, 5.41) is 2.95. The fourth-order valence-electron chi connectivity index (χ4n) is 2.51. The topological polar surface area (TPSA) is 64.6 Å². The summed E-state index contributed by atoms with van der Waals surface area (Å²) in [6.07, 6.45) is 5.32. The molecule has 0 aliphatic heterocycles. The molecule has 5 heteroatoms. The summed E-state index contributed by atoms with van der Waals surface area (Å²) in [5.74, 6) is 0.871. The van der Waals surface area contributed by atoms with E-state index in [1.807, 2.05) is 12.1 Å². The van der Waals surface area contributed by atoms with Gasteiger partial charge in [0.15, 0.2) is 5.78 Å². The zero-order valence-electron chi connectivity index (χ0n) is 14.8. The number of hydrogen-bond donors (Lipinski definition) is 1. The van der Waals surface area contributed by atoms with Gasteiger partial charge in [0.2, 0.25) is 0 Å². The van der Waals surface area contributed by atoms with Crippen LogP contribution in [0.25, 0.3) is 6.08 Å². The Hall–Kier alpha value is -3.08. The van der Waals surface area contributed by atoms with E-state index in [0.717, 1.165) is 18.4 Å². The molecule has 0 radical (unpaired) electrons. The monoisotopic (exact) mass is 351 g/mol. The molecule has 0 aromatic heterocycles. The lowest BCUT2D eigenvalue weighted by Gasteiger charge is -2.08. The summed E-state index contributed by atoms with van der Waals surface area (Å²) in [6, 6.07) is 12.6. The Morgan fingerprint density at radius 2 is 1.77 bits per heavy atom. The van der Waals surface area contributed by atoms with Crippen LogP contribution in [0.3, 0.4) is 0 Å². The number of hydrogen-bond acceptors (Lipinski definition) is 4. The van der Waals surface area contributed by atoms with Crippen molar-refractivity contribution < 1.29 is 19.1 Å². The molecular weight excluding hydrogens is 330 g/mol. The Morgan fingerprint density at radius 1 is 1.04 bits per heavy atom. The van der Waals surface area contributed by atoms with Gasteiger partial charge in [-0.25, -0.2) is 0 Å². The molecular formula is C21H21NO4. The molecule has 0 saturated heterocycles. The average molecular weight is 351 g/mol. The van der Waals surface area contributed by atoms with E-state index in [2.05, 4.69) is 5.32 Å². The van der Waals surface area contributed by atoms with Gasteiger partial charge in [-0.3, -0.25) is 9.59 Å². The van der Waals surface area contributed by atoms with Crippen molar-refractivity contribution in [2.75, 3.05) is 14.2 Å². The maximum Gasteiger partial charge on any atom is 0.251 e. The Bertz CT molecular complexity index is 836. The molecule has 0 unspecified atom stereocenters. The van der Waals surface area contributed by atoms with Gasteiger partial charge < -0.3 is 14.8 Å². The first-order valence-electron chi connectivity index (χ1n) is 8.46. The van der Waals surface area contributed by atoms with Gasteiger partial charge in [-0.1, -0.05) is 18.2 Å². The Balaban J connectivity index is 1.69. The summed E-state index contributed by atoms with van der Waals surface area (Å²) in [4.78, 5) is 24.4. The predicted molar refractivity (Wildman–Crippen MR) is 99.8 cm³/mol. The average Bonchev–Trinajstić information content (AvgIpc) is 3.49. The molecule has 0 spiro atoms. The largest absolute Gasteiger partial charge is 0.497 e. The van der Waals surface area contributed by atoms with Crippen molar-refractivity contribution in [2.24, 2.45) is 0 Å². The SMILES string of the molecule is COc1ccc(C(=O)/C=C/c2ccc(C(=O)NC3CC3)cc2)c(OC)c1. The molecule has 5 nitrogen and oxygen atoms in total. The summed E-state index contributed by atoms with van der Waals surface area (Å²) < 4.78 is 10.4. The second-order valence-corrected chi connectivity index (χ2v) is 6.13. The minimum Gasteiger partial charge on any atom is -0.497 e. The Morgan fingerprint density at radius 3 is 2.38 bits per heavy atom. The number of rotatable bonds is 7. The van der Waals surface area contributed by atoms with Crippen LogP contribution in [0.2, 0.25) is 0 Å². The van der Waals surface area contributed by atoms with Gasteiger partial charge in [0, 0.05) is 17.7 Å². The van der Waals surface area contributed by atoms with Crippen LogP contribution >= 0.6 is 0 Å². The minimum absolute atomic E-state index is 0.0536. The summed E-state index contributed by atoms with van der Waals surface area (Å²) in [6.45, 7) is 0. The highest BCUT2D eigenvalue weighted by atomic mass is 16.5. The molecule has 134 valence electrons. The lowest BCUT2D eigenvalue weighted by molar-refractivity contribution is 0.0950. The fourth-order valence-corrected chi connectivity index (χ4v) is 2.51. The number of nitrogens with one attached hydrogen (secondary N) is 1. The number of ether oxygens (including phenoxy) is 2. The van der Waals surface area contributed by atoms with E-state index < -0.39 is 0 Å². The van der Waals surface area contributed by atoms with E-state index in [1.54, 1.807) is 43.5 Å². The quantitative estimate of drug-likeness (QED) is 0.613. The third-order valence-corrected chi connectivity index (χ3v) is 4.19. The van der Waals surface area contributed by atoms with E-state index in [0.29, 0.717) is 28.7 Å². The van der Waals surface area contributed by atoms with Gasteiger partial charge in [0.05, 0.1) is 19.8 Å². The number of ketones is 1. The summed E-state index contributed by atoms with van der Waals surface area (Å²) in [7, 11) is 3.07. The number of methoxy groups -OCH3 is 2. The van der Waals surface area contributed by atoms with Gasteiger partial charge in [-0.15, -0.1) is 0 Å². The van der Waals surface area contributed by atoms with Gasteiger partial charge in [-0.05, 0) is 48.7 Å². The number of amides is 1. The van der Waals surface area contributed by atoms with Crippen molar-refractivity contribution in [1.29, 1.82) is 0 Å². The van der Waals surface area contributed by atoms with Crippen LogP contribution in [-0.4, -0.2) is 32.0 Å². The predicted octanol–water partition coefficient (Wildman–Crippen LogP) is 3.49. The number of allylic oxidation sites excluding steroid dienone is 1. The van der Waals surface area contributed by atoms with Crippen LogP contribution in [-0.2, 0) is 0 Å². The molecule has 1 amide bonds. The maximum atomic E-state index is 12.4. The first-order chi connectivity index (χ1) is 12.6. The van der Waals surface area contributed by atoms with Crippen molar-refractivity contribution in [1.82, 2.24) is 5.32 Å². The van der Waals surface area contributed by atoms with Crippen molar-refractivity contribution in [3.8, 4) is 11.5 Å². The first-order valence-corrected chi connectivity index (χ1v) is 8.46. The zero-order chi connectivity index (χ0) is 18.5. The Labute approximate surface area is 152 Å². The molecule has 0 atom stereocenters. The first kappa shape index (κ1) is 17.7. The third kappa shape index (κ3) is 4.30. The summed E-state index contributed by atoms with van der Waals surface area (Å²) >= 11 is 0. The van der Waals surface area contributed by atoms with Crippen LogP contribution in [0.1, 0.15) is 39.1 Å². The number of carbonyl (C=O) groups excluding carboxylic acids is 2. The molecule has 1 saturated carbocycles. The second kappa shape index (κ2) is 7.87. The lowest BCUT2D eigenvalue weighted by atomic mass is 10.1. The third-order valence-electron chi connectivity index (χ3n) is 4.19. The fraction of sp³-hybridized carbons (Fsp3) is 0.238. The normalized spacial score (nSPS) is 13.5. The van der Waals surface area contributed by atoms with Gasteiger partial charge in [-0.2, -0.15) is 0 Å². The lowest BCUT2D eigenvalue weighted by Crippen LogP contribution is -2.25. The molecule has 3 rings (SSSR count). The molecule has 0 heterocycles. The molecule has 2 aromatic carbocycles. The molecule has 2 aromatic rings. The van der Waals surface area contributed by atoms with Crippen molar-refractivity contribution in [2.45, 2.75) is 18.9 Å². The van der Waals surface area contributed by atoms with Crippen molar-refractivity contribution in [3.63, 3.8) is 0 Å². The van der Waals surface area contributed by atoms with E-state index in [9.17, 15) is 9.59 Å². The molecule has 1 aliphatic rings. The highest BCUT2D eigenvalue weighted by Gasteiger charge is 2.23. The number of benzene rings is 2. The number of carbonyl (C=O) groups is 2. The second-order valence-electron chi connectivity index (χ2n) is 6.13. The molecule has 26 heavy (non-hydrogen) atoms. The standard InChI is InChI=1S/C21H21NO4/c1-25-17-10-11-18(20(13-17)26-2)19(23)12-5-14-3-6-15(7-4-14)21(24)22-16-8-9-16/h3-7,10-13,16H,8-9H2,1-2H3,(H,22,24)/b12-5+. The van der Waals surface area contributed by atoms with Crippen molar-refractivity contribution in [3.05, 3.63) is 65.2 Å². The molecule has 1 N–H and O–H groups in total. The van der Waals surface area contributed by atoms with Crippen LogP contribution in [0.5, 0.6) is 11.5 Å². The van der Waals surface area contributed by atoms with Crippen LogP contribution in [0.15, 0.2) is 48.5 Å². The van der Waals surface area contributed by atoms with E-state index in [-0.39, 0.29) is 11.7 Å². The highest BCUT2D eigenvalue weighted by molar-refractivity contribution is 6.08. The molecule has 1 aliphatic carbocycles. The highest BCUT2D eigenvalue weighted by Crippen LogP contribution is 2.25. The van der Waals surface area contributed by atoms with Crippen LogP contribution < -0.4 is 14.8 Å². The van der Waals surface area contributed by atoms with Crippen LogP contribution in [0.4, 0.5) is 0 Å². The maximum absolute atomic E-state index is 12.4. The Kier molecular flexibility index (Phi) is 5.37. The smallest absolute Gasteiger partial charge is 0.251 e. The van der Waals surface area contributed by atoms with E-state index in [1.165, 1.54) is 13.2 Å². The van der Waals surface area contributed by atoms with Gasteiger partial charge in [0.25, 0.3) is 5.91 Å². The van der Waals surface area contributed by atoms with Gasteiger partial charge >= 0.3 is 0 Å². The van der Waals surface area contributed by atoms with E-state index in [4.69, 9.17) is 9.47 Å². The minimum atomic E-state index is -0.167. The molecule has 1 fully saturated rings. The molecule has 0 bridgehead atoms. The van der Waals surface area contributed by atoms with E-state index >= 15 is 0 Å². The van der Waals surface area contributed by atoms with Crippen LogP contribution in [0, 0.1) is 0 Å². The zero-order valence-corrected chi connectivity index (χ0v) is 14.8.